The molecule has 1 aromatic heterocycles. The van der Waals surface area contributed by atoms with Gasteiger partial charge in [0.2, 0.25) is 0 Å². The van der Waals surface area contributed by atoms with Gasteiger partial charge < -0.3 is 0 Å². The van der Waals surface area contributed by atoms with Crippen molar-refractivity contribution in [1.29, 1.82) is 0 Å². The van der Waals surface area contributed by atoms with Crippen molar-refractivity contribution in [2.75, 3.05) is 0 Å². The highest BCUT2D eigenvalue weighted by molar-refractivity contribution is 4.99. The quantitative estimate of drug-likeness (QED) is 0.543. The van der Waals surface area contributed by atoms with Crippen LogP contribution in [0.2, 0.25) is 0 Å². The Balaban J connectivity index is 2.72. The molecule has 0 aromatic carbocycles. The molecule has 9 heavy (non-hydrogen) atoms. The maximum atomic E-state index is 3.93. The fourth-order valence-electron chi connectivity index (χ4n) is 0.534. The molecule has 0 saturated heterocycles. The molecule has 0 aliphatic heterocycles. The lowest BCUT2D eigenvalue weighted by Crippen LogP contribution is -1.86. The molecule has 1 heterocycles. The molecular weight excluding hydrogens is 112 g/mol. The minimum Gasteiger partial charge on any atom is -0.244 e. The van der Waals surface area contributed by atoms with Crippen molar-refractivity contribution < 1.29 is 0 Å². The van der Waals surface area contributed by atoms with Gasteiger partial charge in [0.05, 0.1) is 5.69 Å². The fourth-order valence-corrected chi connectivity index (χ4v) is 0.534. The largest absolute Gasteiger partial charge is 0.244 e. The number of aromatic nitrogens is 2. The summed E-state index contributed by atoms with van der Waals surface area (Å²) in [5, 5.41) is 0. The summed E-state index contributed by atoms with van der Waals surface area (Å²) in [5.74, 6) is 0. The third kappa shape index (κ3) is 1.64. The lowest BCUT2D eigenvalue weighted by molar-refractivity contribution is 1.04. The molecule has 2 nitrogen and oxygen atoms in total. The van der Waals surface area contributed by atoms with Crippen LogP contribution in [0.3, 0.4) is 0 Å². The fraction of sp³-hybridized carbons (Fsp3) is 0.143. The predicted molar refractivity (Wildman–Crippen MR) is 34.8 cm³/mol. The van der Waals surface area contributed by atoms with Gasteiger partial charge >= 0.3 is 0 Å². The van der Waals surface area contributed by atoms with Crippen molar-refractivity contribution in [2.45, 2.75) is 6.42 Å². The van der Waals surface area contributed by atoms with Crippen molar-refractivity contribution in [1.82, 2.24) is 9.97 Å². The molecule has 1 radical (unpaired) electrons. The molecule has 0 unspecified atom stereocenters. The van der Waals surface area contributed by atoms with Gasteiger partial charge in [-0.25, -0.2) is 9.97 Å². The summed E-state index contributed by atoms with van der Waals surface area (Å²) < 4.78 is 0. The van der Waals surface area contributed by atoms with Gasteiger partial charge in [0, 0.05) is 18.7 Å². The highest BCUT2D eigenvalue weighted by atomic mass is 14.8. The Bertz CT molecular complexity index is 181. The molecule has 0 N–H and O–H groups in total. The van der Waals surface area contributed by atoms with Crippen molar-refractivity contribution in [2.24, 2.45) is 0 Å². The minimum atomic E-state index is 0.766. The molecule has 0 amide bonds. The van der Waals surface area contributed by atoms with Gasteiger partial charge in [-0.15, -0.1) is 6.58 Å². The molecule has 0 saturated carbocycles. The highest BCUT2D eigenvalue weighted by Gasteiger charge is 1.85. The van der Waals surface area contributed by atoms with Gasteiger partial charge in [0.25, 0.3) is 0 Å². The number of rotatable bonds is 2. The second kappa shape index (κ2) is 2.97. The lowest BCUT2D eigenvalue weighted by Gasteiger charge is -1.88. The molecule has 0 aliphatic carbocycles. The van der Waals surface area contributed by atoms with Crippen LogP contribution < -0.4 is 0 Å². The molecule has 1 rings (SSSR count). The monoisotopic (exact) mass is 119 g/mol. The second-order valence-electron chi connectivity index (χ2n) is 1.61. The zero-order valence-electron chi connectivity index (χ0n) is 5.04. The molecule has 1 aromatic rings. The van der Waals surface area contributed by atoms with E-state index in [0.29, 0.717) is 0 Å². The number of allylic oxidation sites excluding steroid dienone is 1. The zero-order valence-corrected chi connectivity index (χ0v) is 5.04. The Kier molecular flexibility index (Phi) is 1.96. The Hall–Kier alpha value is -1.18. The van der Waals surface area contributed by atoms with Crippen LogP contribution in [-0.4, -0.2) is 9.97 Å². The molecule has 45 valence electrons. The minimum absolute atomic E-state index is 0.766. The number of hydrogen-bond donors (Lipinski definition) is 0. The van der Waals surface area contributed by atoms with Crippen LogP contribution in [0.4, 0.5) is 0 Å². The Morgan fingerprint density at radius 2 is 2.67 bits per heavy atom. The van der Waals surface area contributed by atoms with Crippen LogP contribution >= 0.6 is 0 Å². The van der Waals surface area contributed by atoms with Crippen LogP contribution in [0.25, 0.3) is 0 Å². The first kappa shape index (κ1) is 5.95. The van der Waals surface area contributed by atoms with E-state index in [2.05, 4.69) is 22.6 Å². The van der Waals surface area contributed by atoms with Crippen LogP contribution in [0.5, 0.6) is 0 Å². The van der Waals surface area contributed by atoms with E-state index in [-0.39, 0.29) is 0 Å². The Labute approximate surface area is 54.3 Å². The summed E-state index contributed by atoms with van der Waals surface area (Å²) in [6, 6.07) is 2.88. The van der Waals surface area contributed by atoms with Gasteiger partial charge in [-0.2, -0.15) is 0 Å². The van der Waals surface area contributed by atoms with E-state index in [1.165, 1.54) is 6.33 Å². The summed E-state index contributed by atoms with van der Waals surface area (Å²) in [7, 11) is 0. The first-order valence-electron chi connectivity index (χ1n) is 2.71. The third-order valence-corrected chi connectivity index (χ3v) is 0.924. The van der Waals surface area contributed by atoms with Gasteiger partial charge in [0.1, 0.15) is 6.33 Å². The molecule has 0 spiro atoms. The average Bonchev–Trinajstić information content (AvgIpc) is 1.91. The maximum Gasteiger partial charge on any atom is 0.115 e. The summed E-state index contributed by atoms with van der Waals surface area (Å²) in [5.41, 5.74) is 0.889. The topological polar surface area (TPSA) is 25.8 Å². The van der Waals surface area contributed by atoms with E-state index in [0.717, 1.165) is 12.1 Å². The smallest absolute Gasteiger partial charge is 0.115 e. The Morgan fingerprint density at radius 3 is 3.22 bits per heavy atom. The van der Waals surface area contributed by atoms with Crippen molar-refractivity contribution in [3.63, 3.8) is 0 Å². The predicted octanol–water partition coefficient (Wildman–Crippen LogP) is 1.01. The van der Waals surface area contributed by atoms with Crippen LogP contribution in [0.1, 0.15) is 5.69 Å². The van der Waals surface area contributed by atoms with E-state index in [4.69, 9.17) is 0 Å². The van der Waals surface area contributed by atoms with Crippen molar-refractivity contribution >= 4 is 0 Å². The standard InChI is InChI=1S/C7H7N2/c1-2-3-7-4-5-8-6-9-7/h2,5-6H,1,3H2. The molecule has 2 heteroatoms. The van der Waals surface area contributed by atoms with Crippen LogP contribution in [-0.2, 0) is 6.42 Å². The maximum absolute atomic E-state index is 3.93. The Morgan fingerprint density at radius 1 is 1.78 bits per heavy atom. The zero-order chi connectivity index (χ0) is 6.53. The second-order valence-corrected chi connectivity index (χ2v) is 1.61. The first-order valence-corrected chi connectivity index (χ1v) is 2.71. The molecule has 0 aliphatic rings. The number of hydrogen-bond acceptors (Lipinski definition) is 2. The third-order valence-electron chi connectivity index (χ3n) is 0.924. The average molecular weight is 119 g/mol. The van der Waals surface area contributed by atoms with Crippen molar-refractivity contribution in [3.8, 4) is 0 Å². The lowest BCUT2D eigenvalue weighted by atomic mass is 10.3. The van der Waals surface area contributed by atoms with E-state index in [1.54, 1.807) is 12.3 Å². The molecule has 0 atom stereocenters. The van der Waals surface area contributed by atoms with E-state index < -0.39 is 0 Å². The number of nitrogens with zero attached hydrogens (tertiary/aromatic N) is 2. The molecule has 0 bridgehead atoms. The molecule has 0 fully saturated rings. The van der Waals surface area contributed by atoms with Crippen molar-refractivity contribution in [3.05, 3.63) is 36.9 Å². The normalized spacial score (nSPS) is 8.89. The van der Waals surface area contributed by atoms with Gasteiger partial charge in [-0.05, 0) is 0 Å². The van der Waals surface area contributed by atoms with Gasteiger partial charge in [0.15, 0.2) is 0 Å². The SMILES string of the molecule is C=CCc1[c]cncn1. The van der Waals surface area contributed by atoms with E-state index >= 15 is 0 Å². The van der Waals surface area contributed by atoms with Crippen LogP contribution in [0, 0.1) is 6.07 Å². The molecular formula is C7H7N2. The van der Waals surface area contributed by atoms with Gasteiger partial charge in [-0.1, -0.05) is 6.08 Å². The van der Waals surface area contributed by atoms with E-state index in [1.807, 2.05) is 0 Å². The highest BCUT2D eigenvalue weighted by Crippen LogP contribution is 1.89. The summed E-state index contributed by atoms with van der Waals surface area (Å²) in [6.45, 7) is 3.58. The summed E-state index contributed by atoms with van der Waals surface area (Å²) >= 11 is 0. The van der Waals surface area contributed by atoms with Gasteiger partial charge in [-0.3, -0.25) is 0 Å². The van der Waals surface area contributed by atoms with E-state index in [9.17, 15) is 0 Å². The van der Waals surface area contributed by atoms with Crippen LogP contribution in [0.15, 0.2) is 25.2 Å². The summed E-state index contributed by atoms with van der Waals surface area (Å²) in [6.07, 6.45) is 5.67. The first-order chi connectivity index (χ1) is 4.43. The summed E-state index contributed by atoms with van der Waals surface area (Å²) in [4.78, 5) is 7.66.